The number of ketones is 1. The van der Waals surface area contributed by atoms with E-state index in [9.17, 15) is 14.7 Å². The van der Waals surface area contributed by atoms with E-state index in [1.165, 1.54) is 0 Å². The molecular formula is C15H16O4. The monoisotopic (exact) mass is 260 g/mol. The summed E-state index contributed by atoms with van der Waals surface area (Å²) in [4.78, 5) is 23.0. The maximum atomic E-state index is 11.6. The van der Waals surface area contributed by atoms with Gasteiger partial charge in [-0.15, -0.1) is 0 Å². The minimum Gasteiger partial charge on any atom is -0.493 e. The van der Waals surface area contributed by atoms with Crippen molar-refractivity contribution in [2.75, 3.05) is 6.61 Å². The second-order valence-corrected chi connectivity index (χ2v) is 5.30. The van der Waals surface area contributed by atoms with Gasteiger partial charge in [-0.2, -0.15) is 0 Å². The predicted octanol–water partition coefficient (Wildman–Crippen LogP) is 2.16. The van der Waals surface area contributed by atoms with Gasteiger partial charge in [0.1, 0.15) is 11.5 Å². The first-order valence-electron chi connectivity index (χ1n) is 6.65. The van der Waals surface area contributed by atoms with Gasteiger partial charge in [0, 0.05) is 25.2 Å². The van der Waals surface area contributed by atoms with E-state index in [1.54, 1.807) is 0 Å². The zero-order valence-corrected chi connectivity index (χ0v) is 10.6. The Bertz CT molecular complexity index is 535. The van der Waals surface area contributed by atoms with Crippen LogP contribution in [0.5, 0.6) is 5.75 Å². The summed E-state index contributed by atoms with van der Waals surface area (Å²) in [6.45, 7) is 0.685. The fraction of sp³-hybridized carbons (Fsp3) is 0.467. The van der Waals surface area contributed by atoms with Crippen LogP contribution in [0.3, 0.4) is 0 Å². The smallest absolute Gasteiger partial charge is 0.307 e. The molecule has 0 amide bonds. The molecule has 2 unspecified atom stereocenters. The van der Waals surface area contributed by atoms with Gasteiger partial charge in [-0.1, -0.05) is 12.1 Å². The summed E-state index contributed by atoms with van der Waals surface area (Å²) >= 11 is 0. The second-order valence-electron chi connectivity index (χ2n) is 5.30. The summed E-state index contributed by atoms with van der Waals surface area (Å²) in [5.74, 6) is -0.381. The second kappa shape index (κ2) is 4.68. The van der Waals surface area contributed by atoms with Crippen molar-refractivity contribution >= 4 is 11.8 Å². The van der Waals surface area contributed by atoms with Crippen LogP contribution in [0.2, 0.25) is 0 Å². The van der Waals surface area contributed by atoms with E-state index in [1.807, 2.05) is 18.2 Å². The molecule has 1 heterocycles. The third-order valence-electron chi connectivity index (χ3n) is 4.13. The van der Waals surface area contributed by atoms with Crippen LogP contribution in [0.1, 0.15) is 36.3 Å². The highest BCUT2D eigenvalue weighted by atomic mass is 16.5. The van der Waals surface area contributed by atoms with Crippen LogP contribution in [-0.4, -0.2) is 23.5 Å². The third-order valence-corrected chi connectivity index (χ3v) is 4.13. The zero-order valence-electron chi connectivity index (χ0n) is 10.6. The molecule has 1 saturated carbocycles. The van der Waals surface area contributed by atoms with Gasteiger partial charge in [-0.25, -0.2) is 0 Å². The molecular weight excluding hydrogens is 244 g/mol. The Labute approximate surface area is 111 Å². The fourth-order valence-electron chi connectivity index (χ4n) is 3.09. The maximum Gasteiger partial charge on any atom is 0.307 e. The SMILES string of the molecule is O=C1CCC(C(=O)O)C(c2ccc3c(c2)CCO3)C1. The predicted molar refractivity (Wildman–Crippen MR) is 68.4 cm³/mol. The number of carbonyl (C=O) groups excluding carboxylic acids is 1. The summed E-state index contributed by atoms with van der Waals surface area (Å²) in [5.41, 5.74) is 2.09. The molecule has 0 aromatic heterocycles. The largest absolute Gasteiger partial charge is 0.493 e. The molecule has 19 heavy (non-hydrogen) atoms. The molecule has 1 aromatic carbocycles. The van der Waals surface area contributed by atoms with Crippen LogP contribution < -0.4 is 4.74 Å². The number of rotatable bonds is 2. The van der Waals surface area contributed by atoms with Crippen LogP contribution in [0.15, 0.2) is 18.2 Å². The highest BCUT2D eigenvalue weighted by Gasteiger charge is 2.35. The molecule has 4 nitrogen and oxygen atoms in total. The number of carboxylic acid groups (broad SMARTS) is 1. The van der Waals surface area contributed by atoms with Gasteiger partial charge in [-0.05, 0) is 23.6 Å². The summed E-state index contributed by atoms with van der Waals surface area (Å²) in [6.07, 6.45) is 2.05. The van der Waals surface area contributed by atoms with E-state index in [0.717, 1.165) is 23.3 Å². The molecule has 1 aliphatic heterocycles. The molecule has 0 bridgehead atoms. The lowest BCUT2D eigenvalue weighted by atomic mass is 9.74. The lowest BCUT2D eigenvalue weighted by Crippen LogP contribution is -2.29. The molecule has 0 saturated heterocycles. The normalized spacial score (nSPS) is 25.8. The summed E-state index contributed by atoms with van der Waals surface area (Å²) in [6, 6.07) is 5.82. The summed E-state index contributed by atoms with van der Waals surface area (Å²) in [5, 5.41) is 9.31. The molecule has 0 spiro atoms. The average molecular weight is 260 g/mol. The van der Waals surface area contributed by atoms with E-state index < -0.39 is 11.9 Å². The van der Waals surface area contributed by atoms with Gasteiger partial charge >= 0.3 is 5.97 Å². The van der Waals surface area contributed by atoms with Crippen molar-refractivity contribution in [2.45, 2.75) is 31.6 Å². The van der Waals surface area contributed by atoms with Gasteiger partial charge < -0.3 is 9.84 Å². The van der Waals surface area contributed by atoms with Crippen molar-refractivity contribution in [3.63, 3.8) is 0 Å². The standard InChI is InChI=1S/C15H16O4/c16-11-2-3-12(15(17)18)13(8-11)9-1-4-14-10(7-9)5-6-19-14/h1,4,7,12-13H,2-3,5-6,8H2,(H,17,18). The lowest BCUT2D eigenvalue weighted by molar-refractivity contribution is -0.144. The van der Waals surface area contributed by atoms with Crippen molar-refractivity contribution in [3.8, 4) is 5.75 Å². The topological polar surface area (TPSA) is 63.6 Å². The number of fused-ring (bicyclic) bond motifs is 1. The van der Waals surface area contributed by atoms with Gasteiger partial charge in [-0.3, -0.25) is 9.59 Å². The van der Waals surface area contributed by atoms with Crippen LogP contribution in [0.4, 0.5) is 0 Å². The maximum absolute atomic E-state index is 11.6. The van der Waals surface area contributed by atoms with Gasteiger partial charge in [0.05, 0.1) is 12.5 Å². The highest BCUT2D eigenvalue weighted by molar-refractivity contribution is 5.83. The first kappa shape index (κ1) is 12.2. The van der Waals surface area contributed by atoms with Crippen molar-refractivity contribution in [1.82, 2.24) is 0 Å². The number of benzene rings is 1. The molecule has 1 aliphatic carbocycles. The Morgan fingerprint density at radius 2 is 2.16 bits per heavy atom. The quantitative estimate of drug-likeness (QED) is 0.885. The van der Waals surface area contributed by atoms with Gasteiger partial charge in [0.2, 0.25) is 0 Å². The molecule has 0 radical (unpaired) electrons. The van der Waals surface area contributed by atoms with Crippen LogP contribution in [-0.2, 0) is 16.0 Å². The summed E-state index contributed by atoms with van der Waals surface area (Å²) in [7, 11) is 0. The van der Waals surface area contributed by atoms with Gasteiger partial charge in [0.25, 0.3) is 0 Å². The first-order valence-corrected chi connectivity index (χ1v) is 6.65. The molecule has 2 atom stereocenters. The third kappa shape index (κ3) is 2.23. The number of hydrogen-bond acceptors (Lipinski definition) is 3. The van der Waals surface area contributed by atoms with E-state index >= 15 is 0 Å². The minimum absolute atomic E-state index is 0.166. The van der Waals surface area contributed by atoms with Crippen LogP contribution in [0.25, 0.3) is 0 Å². The Kier molecular flexibility index (Phi) is 3.01. The number of carbonyl (C=O) groups is 2. The fourth-order valence-corrected chi connectivity index (χ4v) is 3.09. The van der Waals surface area contributed by atoms with E-state index in [0.29, 0.717) is 25.9 Å². The molecule has 1 N–H and O–H groups in total. The molecule has 100 valence electrons. The Hall–Kier alpha value is -1.84. The zero-order chi connectivity index (χ0) is 13.4. The highest BCUT2D eigenvalue weighted by Crippen LogP contribution is 2.38. The number of carboxylic acids is 1. The molecule has 3 rings (SSSR count). The Morgan fingerprint density at radius 3 is 2.95 bits per heavy atom. The summed E-state index contributed by atoms with van der Waals surface area (Å²) < 4.78 is 5.45. The molecule has 1 fully saturated rings. The number of ether oxygens (including phenoxy) is 1. The van der Waals surface area contributed by atoms with Crippen LogP contribution >= 0.6 is 0 Å². The molecule has 1 aromatic rings. The van der Waals surface area contributed by atoms with E-state index in [2.05, 4.69) is 0 Å². The average Bonchev–Trinajstić information content (AvgIpc) is 2.85. The lowest BCUT2D eigenvalue weighted by Gasteiger charge is -2.28. The molecule has 4 heteroatoms. The van der Waals surface area contributed by atoms with E-state index in [-0.39, 0.29) is 11.7 Å². The van der Waals surface area contributed by atoms with Crippen molar-refractivity contribution in [3.05, 3.63) is 29.3 Å². The minimum atomic E-state index is -0.797. The number of Topliss-reactive ketones (excluding diaryl/α,β-unsaturated/α-hetero) is 1. The Balaban J connectivity index is 1.93. The molecule has 2 aliphatic rings. The van der Waals surface area contributed by atoms with Crippen molar-refractivity contribution in [2.24, 2.45) is 5.92 Å². The van der Waals surface area contributed by atoms with Crippen molar-refractivity contribution in [1.29, 1.82) is 0 Å². The first-order chi connectivity index (χ1) is 9.15. The Morgan fingerprint density at radius 1 is 1.32 bits per heavy atom. The van der Waals surface area contributed by atoms with E-state index in [4.69, 9.17) is 4.74 Å². The number of hydrogen-bond donors (Lipinski definition) is 1. The number of aliphatic carboxylic acids is 1. The van der Waals surface area contributed by atoms with Crippen molar-refractivity contribution < 1.29 is 19.4 Å². The van der Waals surface area contributed by atoms with Gasteiger partial charge in [0.15, 0.2) is 0 Å². The van der Waals surface area contributed by atoms with Crippen LogP contribution in [0, 0.1) is 5.92 Å².